The predicted molar refractivity (Wildman–Crippen MR) is 71.4 cm³/mol. The maximum absolute atomic E-state index is 11.5. The molecule has 0 aliphatic carbocycles. The topological polar surface area (TPSA) is 46.3 Å². The summed E-state index contributed by atoms with van der Waals surface area (Å²) in [6.45, 7) is 7.11. The summed E-state index contributed by atoms with van der Waals surface area (Å²) >= 11 is 0. The van der Waals surface area contributed by atoms with Gasteiger partial charge in [-0.25, -0.2) is 0 Å². The van der Waals surface area contributed by atoms with E-state index in [1.807, 2.05) is 18.2 Å². The number of nitrogens with zero attached hydrogens (tertiary/aromatic N) is 1. The summed E-state index contributed by atoms with van der Waals surface area (Å²) < 4.78 is 0. The van der Waals surface area contributed by atoms with Gasteiger partial charge in [-0.1, -0.05) is 6.92 Å². The lowest BCUT2D eigenvalue weighted by molar-refractivity contribution is 0.101. The van der Waals surface area contributed by atoms with Gasteiger partial charge < -0.3 is 10.6 Å². The van der Waals surface area contributed by atoms with Gasteiger partial charge in [0.15, 0.2) is 5.78 Å². The number of hydrogen-bond donors (Lipinski definition) is 1. The van der Waals surface area contributed by atoms with Crippen molar-refractivity contribution in [1.82, 2.24) is 0 Å². The van der Waals surface area contributed by atoms with Crippen molar-refractivity contribution in [3.63, 3.8) is 0 Å². The number of hydrogen-bond acceptors (Lipinski definition) is 3. The van der Waals surface area contributed by atoms with Crippen molar-refractivity contribution in [2.45, 2.75) is 33.2 Å². The third kappa shape index (κ3) is 2.28. The SMILES string of the molecule is CC(=O)c1cc(N2CC(C)CC2C)ccc1N. The van der Waals surface area contributed by atoms with E-state index in [2.05, 4.69) is 18.7 Å². The minimum absolute atomic E-state index is 0.0317. The average molecular weight is 232 g/mol. The third-order valence-electron chi connectivity index (χ3n) is 3.53. The van der Waals surface area contributed by atoms with E-state index in [1.54, 1.807) is 6.92 Å². The second kappa shape index (κ2) is 4.40. The van der Waals surface area contributed by atoms with Crippen LogP contribution in [0.25, 0.3) is 0 Å². The lowest BCUT2D eigenvalue weighted by Gasteiger charge is -2.24. The van der Waals surface area contributed by atoms with Crippen molar-refractivity contribution in [3.8, 4) is 0 Å². The Morgan fingerprint density at radius 1 is 1.41 bits per heavy atom. The van der Waals surface area contributed by atoms with Gasteiger partial charge in [0.2, 0.25) is 0 Å². The number of anilines is 2. The van der Waals surface area contributed by atoms with Crippen LogP contribution in [0.15, 0.2) is 18.2 Å². The first kappa shape index (κ1) is 12.0. The summed E-state index contributed by atoms with van der Waals surface area (Å²) in [6.07, 6.45) is 1.21. The fourth-order valence-electron chi connectivity index (χ4n) is 2.69. The molecular weight excluding hydrogens is 212 g/mol. The van der Waals surface area contributed by atoms with Crippen molar-refractivity contribution < 1.29 is 4.79 Å². The van der Waals surface area contributed by atoms with E-state index in [1.165, 1.54) is 6.42 Å². The molecule has 0 aromatic heterocycles. The van der Waals surface area contributed by atoms with Gasteiger partial charge in [0, 0.05) is 29.5 Å². The molecule has 2 rings (SSSR count). The number of rotatable bonds is 2. The van der Waals surface area contributed by atoms with E-state index in [9.17, 15) is 4.79 Å². The molecule has 0 radical (unpaired) electrons. The summed E-state index contributed by atoms with van der Waals surface area (Å²) in [4.78, 5) is 13.8. The molecule has 92 valence electrons. The Morgan fingerprint density at radius 2 is 2.12 bits per heavy atom. The molecule has 3 nitrogen and oxygen atoms in total. The molecule has 0 spiro atoms. The number of carbonyl (C=O) groups excluding carboxylic acids is 1. The Labute approximate surface area is 103 Å². The van der Waals surface area contributed by atoms with Crippen molar-refractivity contribution in [1.29, 1.82) is 0 Å². The number of benzene rings is 1. The molecule has 1 heterocycles. The largest absolute Gasteiger partial charge is 0.398 e. The van der Waals surface area contributed by atoms with E-state index in [-0.39, 0.29) is 5.78 Å². The van der Waals surface area contributed by atoms with Gasteiger partial charge in [-0.15, -0.1) is 0 Å². The van der Waals surface area contributed by atoms with E-state index >= 15 is 0 Å². The molecule has 1 fully saturated rings. The van der Waals surface area contributed by atoms with Gasteiger partial charge >= 0.3 is 0 Å². The maximum Gasteiger partial charge on any atom is 0.161 e. The van der Waals surface area contributed by atoms with Gasteiger partial charge in [0.05, 0.1) is 0 Å². The Kier molecular flexibility index (Phi) is 3.09. The normalized spacial score (nSPS) is 24.1. The van der Waals surface area contributed by atoms with Crippen LogP contribution >= 0.6 is 0 Å². The van der Waals surface area contributed by atoms with E-state index in [0.717, 1.165) is 12.2 Å². The first-order chi connectivity index (χ1) is 7.99. The van der Waals surface area contributed by atoms with Gasteiger partial charge in [0.25, 0.3) is 0 Å². The number of carbonyl (C=O) groups is 1. The van der Waals surface area contributed by atoms with Crippen LogP contribution in [0.4, 0.5) is 11.4 Å². The molecular formula is C14H20N2O. The molecule has 2 N–H and O–H groups in total. The highest BCUT2D eigenvalue weighted by Gasteiger charge is 2.26. The number of nitrogen functional groups attached to an aromatic ring is 1. The summed E-state index contributed by atoms with van der Waals surface area (Å²) in [5.41, 5.74) is 8.13. The lowest BCUT2D eigenvalue weighted by atomic mass is 10.1. The molecule has 2 atom stereocenters. The maximum atomic E-state index is 11.5. The Morgan fingerprint density at radius 3 is 2.65 bits per heavy atom. The van der Waals surface area contributed by atoms with Crippen molar-refractivity contribution in [3.05, 3.63) is 23.8 Å². The first-order valence-electron chi connectivity index (χ1n) is 6.16. The minimum Gasteiger partial charge on any atom is -0.398 e. The second-order valence-electron chi connectivity index (χ2n) is 5.17. The third-order valence-corrected chi connectivity index (χ3v) is 3.53. The zero-order chi connectivity index (χ0) is 12.6. The molecule has 0 saturated carbocycles. The monoisotopic (exact) mass is 232 g/mol. The zero-order valence-electron chi connectivity index (χ0n) is 10.7. The molecule has 1 aliphatic rings. The molecule has 0 amide bonds. The second-order valence-corrected chi connectivity index (χ2v) is 5.17. The summed E-state index contributed by atoms with van der Waals surface area (Å²) in [5, 5.41) is 0. The van der Waals surface area contributed by atoms with Gasteiger partial charge in [0.1, 0.15) is 0 Å². The minimum atomic E-state index is 0.0317. The lowest BCUT2D eigenvalue weighted by Crippen LogP contribution is -2.26. The molecule has 2 unspecified atom stereocenters. The van der Waals surface area contributed by atoms with E-state index < -0.39 is 0 Å². The van der Waals surface area contributed by atoms with Crippen LogP contribution in [0.2, 0.25) is 0 Å². The zero-order valence-corrected chi connectivity index (χ0v) is 10.7. The highest BCUT2D eigenvalue weighted by Crippen LogP contribution is 2.30. The first-order valence-corrected chi connectivity index (χ1v) is 6.16. The summed E-state index contributed by atoms with van der Waals surface area (Å²) in [7, 11) is 0. The average Bonchev–Trinajstić information content (AvgIpc) is 2.58. The van der Waals surface area contributed by atoms with Crippen LogP contribution in [-0.2, 0) is 0 Å². The van der Waals surface area contributed by atoms with Crippen LogP contribution in [0, 0.1) is 5.92 Å². The fourth-order valence-corrected chi connectivity index (χ4v) is 2.69. The van der Waals surface area contributed by atoms with Crippen molar-refractivity contribution >= 4 is 17.2 Å². The quantitative estimate of drug-likeness (QED) is 0.630. The summed E-state index contributed by atoms with van der Waals surface area (Å²) in [5.74, 6) is 0.743. The highest BCUT2D eigenvalue weighted by molar-refractivity contribution is 6.00. The molecule has 1 saturated heterocycles. The molecule has 17 heavy (non-hydrogen) atoms. The molecule has 1 aromatic rings. The molecule has 1 aromatic carbocycles. The Bertz CT molecular complexity index is 442. The Balaban J connectivity index is 2.34. The molecule has 3 heteroatoms. The standard InChI is InChI=1S/C14H20N2O/c1-9-6-10(2)16(8-9)12-4-5-14(15)13(7-12)11(3)17/h4-5,7,9-10H,6,8,15H2,1-3H3. The smallest absolute Gasteiger partial charge is 0.161 e. The van der Waals surface area contributed by atoms with E-state index in [0.29, 0.717) is 23.2 Å². The van der Waals surface area contributed by atoms with Crippen molar-refractivity contribution in [2.75, 3.05) is 17.2 Å². The van der Waals surface area contributed by atoms with Crippen LogP contribution in [-0.4, -0.2) is 18.4 Å². The van der Waals surface area contributed by atoms with Crippen LogP contribution in [0.1, 0.15) is 37.6 Å². The van der Waals surface area contributed by atoms with Crippen LogP contribution < -0.4 is 10.6 Å². The predicted octanol–water partition coefficient (Wildman–Crippen LogP) is 2.71. The molecule has 0 bridgehead atoms. The van der Waals surface area contributed by atoms with E-state index in [4.69, 9.17) is 5.73 Å². The summed E-state index contributed by atoms with van der Waals surface area (Å²) in [6, 6.07) is 6.30. The van der Waals surface area contributed by atoms with Crippen LogP contribution in [0.3, 0.4) is 0 Å². The number of Topliss-reactive ketones (excluding diaryl/α,β-unsaturated/α-hetero) is 1. The van der Waals surface area contributed by atoms with Crippen LogP contribution in [0.5, 0.6) is 0 Å². The van der Waals surface area contributed by atoms with Gasteiger partial charge in [-0.3, -0.25) is 4.79 Å². The van der Waals surface area contributed by atoms with Crippen molar-refractivity contribution in [2.24, 2.45) is 5.92 Å². The molecule has 1 aliphatic heterocycles. The van der Waals surface area contributed by atoms with Gasteiger partial charge in [-0.05, 0) is 44.4 Å². The fraction of sp³-hybridized carbons (Fsp3) is 0.500. The Hall–Kier alpha value is -1.51. The number of nitrogens with two attached hydrogens (primary N) is 1. The highest BCUT2D eigenvalue weighted by atomic mass is 16.1. The van der Waals surface area contributed by atoms with Gasteiger partial charge in [-0.2, -0.15) is 0 Å². The number of ketones is 1.